The number of nitrogens with zero attached hydrogens (tertiary/aromatic N) is 1. The largest absolute Gasteiger partial charge is 0.353 e. The highest BCUT2D eigenvalue weighted by molar-refractivity contribution is 7.10. The monoisotopic (exact) mass is 223 g/mol. The van der Waals surface area contributed by atoms with E-state index < -0.39 is 11.2 Å². The van der Waals surface area contributed by atoms with Crippen molar-refractivity contribution in [3.8, 4) is 6.07 Å². The summed E-state index contributed by atoms with van der Waals surface area (Å²) in [6.45, 7) is 0. The summed E-state index contributed by atoms with van der Waals surface area (Å²) in [7, 11) is 3.25. The summed E-state index contributed by atoms with van der Waals surface area (Å²) in [5.41, 5.74) is -0.403. The third kappa shape index (κ3) is 1.48. The minimum atomic E-state index is -0.556. The van der Waals surface area contributed by atoms with Crippen LogP contribution in [0.2, 0.25) is 0 Å². The molecule has 0 amide bonds. The van der Waals surface area contributed by atoms with Crippen LogP contribution in [0.5, 0.6) is 0 Å². The standard InChI is InChI=1S/C11H13NO2S/c1-13-11(14-2)6-10(7-11,8-12)9-4-3-5-15-9/h3-5H,6-7H2,1-2H3. The first kappa shape index (κ1) is 10.6. The topological polar surface area (TPSA) is 42.2 Å². The van der Waals surface area contributed by atoms with E-state index >= 15 is 0 Å². The number of rotatable bonds is 3. The fourth-order valence-corrected chi connectivity index (χ4v) is 2.98. The molecule has 1 heterocycles. The van der Waals surface area contributed by atoms with E-state index in [9.17, 15) is 5.26 Å². The van der Waals surface area contributed by atoms with Crippen LogP contribution in [0.4, 0.5) is 0 Å². The van der Waals surface area contributed by atoms with Gasteiger partial charge >= 0.3 is 0 Å². The minimum absolute atomic E-state index is 0.403. The summed E-state index contributed by atoms with van der Waals surface area (Å²) in [5, 5.41) is 11.3. The van der Waals surface area contributed by atoms with Crippen LogP contribution in [-0.4, -0.2) is 20.0 Å². The molecule has 0 aromatic carbocycles. The van der Waals surface area contributed by atoms with Crippen molar-refractivity contribution in [1.82, 2.24) is 0 Å². The van der Waals surface area contributed by atoms with Gasteiger partial charge in [0.1, 0.15) is 5.41 Å². The summed E-state index contributed by atoms with van der Waals surface area (Å²) in [6.07, 6.45) is 1.23. The second-order valence-corrected chi connectivity index (χ2v) is 4.79. The van der Waals surface area contributed by atoms with Gasteiger partial charge in [0.05, 0.1) is 6.07 Å². The van der Waals surface area contributed by atoms with Crippen LogP contribution in [0.3, 0.4) is 0 Å². The summed E-state index contributed by atoms with van der Waals surface area (Å²) < 4.78 is 10.6. The lowest BCUT2D eigenvalue weighted by Crippen LogP contribution is -2.56. The Morgan fingerprint density at radius 3 is 2.47 bits per heavy atom. The maximum atomic E-state index is 9.28. The predicted octanol–water partition coefficient (Wildman–Crippen LogP) is 2.29. The van der Waals surface area contributed by atoms with Gasteiger partial charge in [-0.15, -0.1) is 11.3 Å². The molecule has 0 bridgehead atoms. The van der Waals surface area contributed by atoms with Crippen molar-refractivity contribution in [1.29, 1.82) is 5.26 Å². The smallest absolute Gasteiger partial charge is 0.171 e. The van der Waals surface area contributed by atoms with Crippen LogP contribution in [0.15, 0.2) is 17.5 Å². The van der Waals surface area contributed by atoms with Crippen LogP contribution in [0, 0.1) is 11.3 Å². The summed E-state index contributed by atoms with van der Waals surface area (Å²) in [6, 6.07) is 6.37. The van der Waals surface area contributed by atoms with Gasteiger partial charge in [0, 0.05) is 31.9 Å². The van der Waals surface area contributed by atoms with Gasteiger partial charge in [0.15, 0.2) is 5.79 Å². The molecule has 4 heteroatoms. The first-order valence-electron chi connectivity index (χ1n) is 4.76. The lowest BCUT2D eigenvalue weighted by molar-refractivity contribution is -0.269. The zero-order valence-corrected chi connectivity index (χ0v) is 9.63. The number of thiophene rings is 1. The predicted molar refractivity (Wildman–Crippen MR) is 57.6 cm³/mol. The third-order valence-electron chi connectivity index (χ3n) is 3.09. The average Bonchev–Trinajstić information content (AvgIpc) is 2.73. The number of ether oxygens (including phenoxy) is 2. The molecular weight excluding hydrogens is 210 g/mol. The average molecular weight is 223 g/mol. The minimum Gasteiger partial charge on any atom is -0.353 e. The fraction of sp³-hybridized carbons (Fsp3) is 0.545. The van der Waals surface area contributed by atoms with Crippen molar-refractivity contribution in [2.24, 2.45) is 0 Å². The van der Waals surface area contributed by atoms with Gasteiger partial charge in [-0.25, -0.2) is 0 Å². The third-order valence-corrected chi connectivity index (χ3v) is 4.17. The SMILES string of the molecule is COC1(OC)CC(C#N)(c2cccs2)C1. The van der Waals surface area contributed by atoms with Gasteiger partial charge in [-0.2, -0.15) is 5.26 Å². The molecular formula is C11H13NO2S. The van der Waals surface area contributed by atoms with Crippen LogP contribution in [-0.2, 0) is 14.9 Å². The molecule has 1 aromatic rings. The number of hydrogen-bond donors (Lipinski definition) is 0. The molecule has 15 heavy (non-hydrogen) atoms. The molecule has 0 N–H and O–H groups in total. The van der Waals surface area contributed by atoms with Crippen molar-refractivity contribution in [2.75, 3.05) is 14.2 Å². The van der Waals surface area contributed by atoms with Crippen molar-refractivity contribution >= 4 is 11.3 Å². The van der Waals surface area contributed by atoms with Crippen molar-refractivity contribution in [3.05, 3.63) is 22.4 Å². The molecule has 1 fully saturated rings. The second kappa shape index (κ2) is 3.60. The number of hydrogen-bond acceptors (Lipinski definition) is 4. The maximum absolute atomic E-state index is 9.28. The van der Waals surface area contributed by atoms with E-state index in [0.29, 0.717) is 12.8 Å². The summed E-state index contributed by atoms with van der Waals surface area (Å²) in [5.74, 6) is -0.556. The molecule has 1 aromatic heterocycles. The molecule has 0 spiro atoms. The highest BCUT2D eigenvalue weighted by Crippen LogP contribution is 2.53. The van der Waals surface area contributed by atoms with Gasteiger partial charge in [-0.3, -0.25) is 0 Å². The number of methoxy groups -OCH3 is 2. The Kier molecular flexibility index (Phi) is 2.55. The molecule has 2 rings (SSSR count). The molecule has 0 atom stereocenters. The first-order chi connectivity index (χ1) is 7.20. The maximum Gasteiger partial charge on any atom is 0.171 e. The van der Waals surface area contributed by atoms with Gasteiger partial charge in [0.25, 0.3) is 0 Å². The Hall–Kier alpha value is -0.890. The second-order valence-electron chi connectivity index (χ2n) is 3.84. The number of nitriles is 1. The Morgan fingerprint density at radius 1 is 1.40 bits per heavy atom. The highest BCUT2D eigenvalue weighted by Gasteiger charge is 2.58. The van der Waals surface area contributed by atoms with E-state index in [1.807, 2.05) is 17.5 Å². The summed E-state index contributed by atoms with van der Waals surface area (Å²) >= 11 is 1.62. The van der Waals surface area contributed by atoms with Crippen molar-refractivity contribution < 1.29 is 9.47 Å². The van der Waals surface area contributed by atoms with Gasteiger partial charge < -0.3 is 9.47 Å². The van der Waals surface area contributed by atoms with E-state index in [0.717, 1.165) is 4.88 Å². The van der Waals surface area contributed by atoms with Crippen LogP contribution in [0.1, 0.15) is 17.7 Å². The molecule has 80 valence electrons. The zero-order valence-electron chi connectivity index (χ0n) is 8.82. The van der Waals surface area contributed by atoms with Gasteiger partial charge in [-0.1, -0.05) is 6.07 Å². The molecule has 1 aliphatic rings. The molecule has 0 radical (unpaired) electrons. The summed E-state index contributed by atoms with van der Waals surface area (Å²) in [4.78, 5) is 1.11. The van der Waals surface area contributed by atoms with Crippen LogP contribution < -0.4 is 0 Å². The van der Waals surface area contributed by atoms with Gasteiger partial charge in [0.2, 0.25) is 0 Å². The molecule has 0 unspecified atom stereocenters. The Bertz CT molecular complexity index is 368. The van der Waals surface area contributed by atoms with E-state index in [1.54, 1.807) is 25.6 Å². The molecule has 0 saturated heterocycles. The molecule has 0 aliphatic heterocycles. The fourth-order valence-electron chi connectivity index (χ4n) is 2.10. The lowest BCUT2D eigenvalue weighted by Gasteiger charge is -2.49. The highest BCUT2D eigenvalue weighted by atomic mass is 32.1. The molecule has 1 saturated carbocycles. The van der Waals surface area contributed by atoms with Crippen LogP contribution >= 0.6 is 11.3 Å². The van der Waals surface area contributed by atoms with Crippen LogP contribution in [0.25, 0.3) is 0 Å². The van der Waals surface area contributed by atoms with Gasteiger partial charge in [-0.05, 0) is 11.4 Å². The Labute approximate surface area is 93.2 Å². The van der Waals surface area contributed by atoms with E-state index in [-0.39, 0.29) is 0 Å². The van der Waals surface area contributed by atoms with Crippen molar-refractivity contribution in [2.45, 2.75) is 24.0 Å². The quantitative estimate of drug-likeness (QED) is 0.738. The lowest BCUT2D eigenvalue weighted by atomic mass is 9.64. The van der Waals surface area contributed by atoms with E-state index in [1.165, 1.54) is 0 Å². The van der Waals surface area contributed by atoms with E-state index in [2.05, 4.69) is 6.07 Å². The Morgan fingerprint density at radius 2 is 2.07 bits per heavy atom. The molecule has 3 nitrogen and oxygen atoms in total. The Balaban J connectivity index is 2.22. The van der Waals surface area contributed by atoms with Crippen molar-refractivity contribution in [3.63, 3.8) is 0 Å². The normalized spacial score (nSPS) is 21.7. The first-order valence-corrected chi connectivity index (χ1v) is 5.64. The zero-order chi connectivity index (χ0) is 10.9. The van der Waals surface area contributed by atoms with E-state index in [4.69, 9.17) is 9.47 Å². The molecule has 1 aliphatic carbocycles.